The first kappa shape index (κ1) is 10.5. The van der Waals surface area contributed by atoms with Gasteiger partial charge in [0, 0.05) is 0 Å². The molecule has 0 aliphatic heterocycles. The van der Waals surface area contributed by atoms with Crippen LogP contribution in [0.15, 0.2) is 0 Å². The van der Waals surface area contributed by atoms with Gasteiger partial charge in [-0.2, -0.15) is 0 Å². The summed E-state index contributed by atoms with van der Waals surface area (Å²) in [5, 5.41) is 0. The van der Waals surface area contributed by atoms with Gasteiger partial charge in [-0.05, 0) is 5.75 Å². The first-order valence-electron chi connectivity index (χ1n) is 1.33. The van der Waals surface area contributed by atoms with E-state index in [1.54, 1.807) is 6.92 Å². The Morgan fingerprint density at radius 3 is 2.00 bits per heavy atom. The number of hydrogen-bond donors (Lipinski definition) is 0. The zero-order valence-corrected chi connectivity index (χ0v) is 7.56. The summed E-state index contributed by atoms with van der Waals surface area (Å²) in [5.41, 5.74) is 0. The van der Waals surface area contributed by atoms with Crippen molar-refractivity contribution in [2.45, 2.75) is 6.92 Å². The Morgan fingerprint density at radius 1 is 1.83 bits per heavy atom. The van der Waals surface area contributed by atoms with Crippen molar-refractivity contribution in [3.63, 3.8) is 0 Å². The van der Waals surface area contributed by atoms with Crippen molar-refractivity contribution in [1.29, 1.82) is 0 Å². The summed E-state index contributed by atoms with van der Waals surface area (Å²) in [7, 11) is -0.989. The number of rotatable bonds is 1. The molecular weight excluding hydrogens is 127 g/mol. The zero-order chi connectivity index (χ0) is 4.28. The van der Waals surface area contributed by atoms with E-state index in [1.807, 2.05) is 0 Å². The van der Waals surface area contributed by atoms with Gasteiger partial charge < -0.3 is 4.55 Å². The molecule has 0 N–H and O–H groups in total. The Balaban J connectivity index is 0. The van der Waals surface area contributed by atoms with Crippen molar-refractivity contribution in [2.24, 2.45) is 0 Å². The normalized spacial score (nSPS) is 12.3. The average Bonchev–Trinajstić information content (AvgIpc) is 1.38. The van der Waals surface area contributed by atoms with Crippen molar-refractivity contribution in [1.82, 2.24) is 0 Å². The Bertz CT molecular complexity index is 46.8. The second-order valence-corrected chi connectivity index (χ2v) is 2.89. The Hall–Kier alpha value is 1.53. The van der Waals surface area contributed by atoms with Crippen LogP contribution in [0.2, 0.25) is 0 Å². The molecule has 1 nitrogen and oxygen atoms in total. The van der Waals surface area contributed by atoms with E-state index in [2.05, 4.69) is 11.2 Å². The van der Waals surface area contributed by atoms with E-state index in [0.29, 0.717) is 5.75 Å². The third kappa shape index (κ3) is 9.11. The summed E-state index contributed by atoms with van der Waals surface area (Å²) in [5.74, 6) is 0.593. The van der Waals surface area contributed by atoms with Gasteiger partial charge in [0.2, 0.25) is 0 Å². The van der Waals surface area contributed by atoms with E-state index >= 15 is 0 Å². The van der Waals surface area contributed by atoms with E-state index in [4.69, 9.17) is 0 Å². The van der Waals surface area contributed by atoms with Gasteiger partial charge in [0.05, 0.1) is 0 Å². The summed E-state index contributed by atoms with van der Waals surface area (Å²) in [4.78, 5) is 0. The van der Waals surface area contributed by atoms with Gasteiger partial charge in [-0.1, -0.05) is 18.1 Å². The molecule has 1 atom stereocenters. The van der Waals surface area contributed by atoms with Crippen molar-refractivity contribution >= 4 is 20.9 Å². The summed E-state index contributed by atoms with van der Waals surface area (Å²) >= 11 is 4.25. The molecule has 0 bridgehead atoms. The van der Waals surface area contributed by atoms with Crippen molar-refractivity contribution in [2.75, 3.05) is 5.75 Å². The molecule has 0 fully saturated rings. The Morgan fingerprint density at radius 2 is 2.00 bits per heavy atom. The van der Waals surface area contributed by atoms with E-state index in [1.165, 1.54) is 0 Å². The van der Waals surface area contributed by atoms with Crippen LogP contribution in [0.5, 0.6) is 0 Å². The third-order valence-corrected chi connectivity index (χ3v) is 1.41. The zero-order valence-electron chi connectivity index (χ0n) is 3.93. The van der Waals surface area contributed by atoms with Crippen LogP contribution >= 0.6 is 0 Å². The molecule has 32 valence electrons. The molecule has 4 heteroatoms. The molecular formula is C2H5NaOS2. The molecule has 0 aromatic heterocycles. The molecule has 0 heterocycles. The standard InChI is InChI=1S/C2H6OS2.Na/c1-2-5(3)4;/h2H2,1H3,(H,3,4);/q;+1/p-1. The maximum atomic E-state index is 9.74. The predicted octanol–water partition coefficient (Wildman–Crippen LogP) is -2.78. The van der Waals surface area contributed by atoms with Gasteiger partial charge in [0.15, 0.2) is 0 Å². The van der Waals surface area contributed by atoms with Crippen LogP contribution in [0.1, 0.15) is 6.92 Å². The van der Waals surface area contributed by atoms with Crippen LogP contribution in [0.25, 0.3) is 0 Å². The van der Waals surface area contributed by atoms with E-state index in [9.17, 15) is 4.55 Å². The van der Waals surface area contributed by atoms with Crippen molar-refractivity contribution in [3.05, 3.63) is 0 Å². The first-order chi connectivity index (χ1) is 2.27. The topological polar surface area (TPSA) is 23.1 Å². The molecule has 0 amide bonds. The minimum absolute atomic E-state index is 0. The second kappa shape index (κ2) is 6.53. The van der Waals surface area contributed by atoms with Gasteiger partial charge in [0.1, 0.15) is 0 Å². The smallest absolute Gasteiger partial charge is 0.794 e. The maximum Gasteiger partial charge on any atom is 1.00 e. The van der Waals surface area contributed by atoms with Gasteiger partial charge in [-0.3, -0.25) is 0 Å². The average molecular weight is 132 g/mol. The first-order valence-corrected chi connectivity index (χ1v) is 3.57. The fraction of sp³-hybridized carbons (Fsp3) is 1.00. The monoisotopic (exact) mass is 132 g/mol. The van der Waals surface area contributed by atoms with Gasteiger partial charge in [0.25, 0.3) is 0 Å². The molecule has 0 aliphatic rings. The van der Waals surface area contributed by atoms with Crippen molar-refractivity contribution < 1.29 is 34.1 Å². The molecule has 0 aromatic rings. The molecule has 0 radical (unpaired) electrons. The van der Waals surface area contributed by atoms with Crippen LogP contribution in [0.4, 0.5) is 0 Å². The van der Waals surface area contributed by atoms with E-state index in [0.717, 1.165) is 0 Å². The summed E-state index contributed by atoms with van der Waals surface area (Å²) in [6.45, 7) is 1.79. The summed E-state index contributed by atoms with van der Waals surface area (Å²) in [6.07, 6.45) is 0. The molecule has 0 saturated heterocycles. The minimum atomic E-state index is -0.989. The summed E-state index contributed by atoms with van der Waals surface area (Å²) < 4.78 is 9.74. The van der Waals surface area contributed by atoms with Gasteiger partial charge in [-0.15, -0.1) is 0 Å². The molecule has 6 heavy (non-hydrogen) atoms. The maximum absolute atomic E-state index is 9.74. The number of hydrogen-bond acceptors (Lipinski definition) is 2. The third-order valence-electron chi connectivity index (χ3n) is 0.236. The fourth-order valence-electron chi connectivity index (χ4n) is 0. The van der Waals surface area contributed by atoms with Gasteiger partial charge in [-0.25, -0.2) is 9.74 Å². The molecule has 0 rings (SSSR count). The molecule has 0 spiro atoms. The Kier molecular flexibility index (Phi) is 11.4. The molecule has 0 aliphatic carbocycles. The quantitative estimate of drug-likeness (QED) is 0.360. The Labute approximate surface area is 67.2 Å². The van der Waals surface area contributed by atoms with Crippen LogP contribution in [0, 0.1) is 0 Å². The fourth-order valence-corrected chi connectivity index (χ4v) is 0. The van der Waals surface area contributed by atoms with Crippen LogP contribution in [-0.4, -0.2) is 10.3 Å². The molecule has 0 saturated carbocycles. The van der Waals surface area contributed by atoms with Crippen molar-refractivity contribution in [3.8, 4) is 0 Å². The molecule has 1 unspecified atom stereocenters. The van der Waals surface area contributed by atoms with E-state index in [-0.39, 0.29) is 29.6 Å². The van der Waals surface area contributed by atoms with E-state index < -0.39 is 9.74 Å². The predicted molar refractivity (Wildman–Crippen MR) is 26.0 cm³/mol. The van der Waals surface area contributed by atoms with Crippen LogP contribution in [-0.2, 0) is 20.9 Å². The molecule has 0 aromatic carbocycles. The van der Waals surface area contributed by atoms with Crippen LogP contribution < -0.4 is 29.6 Å². The second-order valence-electron chi connectivity index (χ2n) is 0.592. The van der Waals surface area contributed by atoms with Crippen LogP contribution in [0.3, 0.4) is 0 Å². The minimum Gasteiger partial charge on any atom is -0.794 e. The summed E-state index contributed by atoms with van der Waals surface area (Å²) in [6, 6.07) is 0. The largest absolute Gasteiger partial charge is 1.00 e. The SMILES string of the molecule is CCS([O-])=S.[Na+]. The van der Waals surface area contributed by atoms with Gasteiger partial charge >= 0.3 is 29.6 Å².